The average molecular weight is 763 g/mol. The molecular weight excluding hydrogens is 738 g/mol. The summed E-state index contributed by atoms with van der Waals surface area (Å²) < 4.78 is 60.3. The van der Waals surface area contributed by atoms with Crippen LogP contribution in [0, 0.1) is 0 Å². The highest BCUT2D eigenvalue weighted by atomic mass is 31.2. The Morgan fingerprint density at radius 2 is 0.679 bits per heavy atom. The largest absolute Gasteiger partial charge is 0.455 e. The van der Waals surface area contributed by atoms with Gasteiger partial charge in [0.05, 0.1) is 44.0 Å². The minimum atomic E-state index is -3.59. The number of hydrogen-bond donors (Lipinski definition) is 0. The summed E-state index contributed by atoms with van der Waals surface area (Å²) in [5, 5.41) is 4.84. The number of hydrogen-bond acceptors (Lipinski definition) is 8. The van der Waals surface area contributed by atoms with Crippen molar-refractivity contribution in [3.8, 4) is 46.0 Å². The number of anilines is 6. The Morgan fingerprint density at radius 1 is 0.339 bits per heavy atom. The topological polar surface area (TPSA) is 77.5 Å². The summed E-state index contributed by atoms with van der Waals surface area (Å²) in [6, 6.07) is 47.2. The third-order valence-electron chi connectivity index (χ3n) is 11.9. The Balaban J connectivity index is 1.07. The zero-order chi connectivity index (χ0) is 36.7. The van der Waals surface area contributed by atoms with Crippen molar-refractivity contribution >= 4 is 91.0 Å². The maximum atomic E-state index is 16.4. The van der Waals surface area contributed by atoms with Gasteiger partial charge in [-0.05, 0) is 84.9 Å². The predicted molar refractivity (Wildman–Crippen MR) is 220 cm³/mol. The van der Waals surface area contributed by atoms with Gasteiger partial charge in [-0.15, -0.1) is 0 Å². The average Bonchev–Trinajstić information content (AvgIpc) is 3.22. The smallest absolute Gasteiger partial charge is 0.189 e. The van der Waals surface area contributed by atoms with Crippen molar-refractivity contribution in [3.05, 3.63) is 146 Å². The van der Waals surface area contributed by atoms with Crippen molar-refractivity contribution in [2.24, 2.45) is 0 Å². The van der Waals surface area contributed by atoms with E-state index in [1.54, 1.807) is 0 Å². The minimum Gasteiger partial charge on any atom is -0.455 e. The lowest BCUT2D eigenvalue weighted by molar-refractivity contribution is 0.457. The van der Waals surface area contributed by atoms with Gasteiger partial charge in [-0.1, -0.05) is 60.7 Å². The summed E-state index contributed by atoms with van der Waals surface area (Å²) in [6.45, 7) is 0. The molecule has 0 fully saturated rings. The van der Waals surface area contributed by atoms with E-state index >= 15 is 9.13 Å². The Hall–Kier alpha value is -6.72. The molecule has 8 aromatic carbocycles. The van der Waals surface area contributed by atoms with Crippen LogP contribution in [-0.2, 0) is 9.13 Å². The van der Waals surface area contributed by atoms with Crippen molar-refractivity contribution in [2.75, 3.05) is 9.80 Å². The van der Waals surface area contributed by atoms with Crippen LogP contribution in [0.1, 0.15) is 0 Å². The fourth-order valence-electron chi connectivity index (χ4n) is 9.83. The van der Waals surface area contributed by atoms with Crippen LogP contribution in [0.5, 0.6) is 46.0 Å². The van der Waals surface area contributed by atoms with Crippen LogP contribution in [-0.4, -0.2) is 0 Å². The Labute approximate surface area is 319 Å². The summed E-state index contributed by atoms with van der Waals surface area (Å²) in [5.74, 6) is 3.75. The first kappa shape index (κ1) is 29.6. The maximum absolute atomic E-state index is 16.4. The van der Waals surface area contributed by atoms with Gasteiger partial charge < -0.3 is 37.9 Å². The molecule has 0 N–H and O–H groups in total. The first-order valence-corrected chi connectivity index (χ1v) is 21.8. The Morgan fingerprint density at radius 3 is 1.04 bits per heavy atom. The highest BCUT2D eigenvalue weighted by molar-refractivity contribution is 7.87. The van der Waals surface area contributed by atoms with Gasteiger partial charge in [0.2, 0.25) is 0 Å². The van der Waals surface area contributed by atoms with Crippen molar-refractivity contribution < 1.29 is 28.1 Å². The van der Waals surface area contributed by atoms with Gasteiger partial charge in [0.1, 0.15) is 45.1 Å². The molecule has 8 nitrogen and oxygen atoms in total. The quantitative estimate of drug-likeness (QED) is 0.161. The molecular formula is C46H24N2O6P2. The molecule has 0 aromatic heterocycles. The van der Waals surface area contributed by atoms with E-state index < -0.39 is 14.3 Å². The summed E-state index contributed by atoms with van der Waals surface area (Å²) in [4.78, 5) is 4.27. The minimum absolute atomic E-state index is 0.418. The van der Waals surface area contributed by atoms with E-state index in [0.717, 1.165) is 34.1 Å². The molecule has 56 heavy (non-hydrogen) atoms. The number of fused-ring (bicyclic) bond motifs is 3. The number of nitrogens with zero attached hydrogens (tertiary/aromatic N) is 2. The van der Waals surface area contributed by atoms with Crippen LogP contribution in [0.25, 0.3) is 10.8 Å². The second-order valence-electron chi connectivity index (χ2n) is 14.7. The van der Waals surface area contributed by atoms with Crippen LogP contribution in [0.4, 0.5) is 34.1 Å². The molecule has 264 valence electrons. The molecule has 0 spiro atoms. The summed E-state index contributed by atoms with van der Waals surface area (Å²) in [6.07, 6.45) is 0. The Bertz CT molecular complexity index is 3030. The number of benzene rings is 8. The molecule has 6 heterocycles. The maximum Gasteiger partial charge on any atom is 0.189 e. The molecule has 6 aliphatic rings. The van der Waals surface area contributed by atoms with Crippen molar-refractivity contribution in [2.45, 2.75) is 0 Å². The second kappa shape index (κ2) is 9.74. The number of para-hydroxylation sites is 2. The van der Waals surface area contributed by atoms with E-state index in [9.17, 15) is 0 Å². The molecule has 2 atom stereocenters. The standard InChI is InChI=1S/C46H24N2O6P2/c49-55-41-29-15-7-19-33(41)51-37-23-28-27(39(45(37)55)53-35-21-9-17-31(43(35)55)47(29)25-11-3-1-4-12-25)24-38-46-40(28)54-36-22-10-18-32-44(36)56(46,50)42-30(16-8-20-34(42)52-38)48(32)26-13-5-2-6-14-26/h1-24H. The monoisotopic (exact) mass is 762 g/mol. The van der Waals surface area contributed by atoms with Crippen molar-refractivity contribution in [1.82, 2.24) is 0 Å². The van der Waals surface area contributed by atoms with Crippen LogP contribution in [0.3, 0.4) is 0 Å². The van der Waals surface area contributed by atoms with Gasteiger partial charge in [-0.3, -0.25) is 0 Å². The lowest BCUT2D eigenvalue weighted by Gasteiger charge is -2.44. The third-order valence-corrected chi connectivity index (χ3v) is 18.3. The van der Waals surface area contributed by atoms with E-state index in [1.165, 1.54) is 0 Å². The van der Waals surface area contributed by atoms with Crippen LogP contribution in [0.2, 0.25) is 0 Å². The molecule has 2 unspecified atom stereocenters. The van der Waals surface area contributed by atoms with Gasteiger partial charge in [-0.25, -0.2) is 0 Å². The van der Waals surface area contributed by atoms with E-state index in [4.69, 9.17) is 18.9 Å². The molecule has 0 aliphatic carbocycles. The molecule has 0 saturated carbocycles. The van der Waals surface area contributed by atoms with Crippen LogP contribution >= 0.6 is 14.3 Å². The molecule has 0 radical (unpaired) electrons. The van der Waals surface area contributed by atoms with Gasteiger partial charge >= 0.3 is 0 Å². The number of rotatable bonds is 2. The Kier molecular flexibility index (Phi) is 5.15. The van der Waals surface area contributed by atoms with Gasteiger partial charge in [0.15, 0.2) is 25.8 Å². The molecule has 0 amide bonds. The lowest BCUT2D eigenvalue weighted by atomic mass is 10.1. The second-order valence-corrected chi connectivity index (χ2v) is 19.8. The van der Waals surface area contributed by atoms with E-state index in [-0.39, 0.29) is 0 Å². The van der Waals surface area contributed by atoms with Gasteiger partial charge in [-0.2, -0.15) is 0 Å². The van der Waals surface area contributed by atoms with Crippen molar-refractivity contribution in [3.63, 3.8) is 0 Å². The molecule has 0 saturated heterocycles. The van der Waals surface area contributed by atoms with E-state index in [2.05, 4.69) is 9.80 Å². The van der Waals surface area contributed by atoms with Crippen LogP contribution in [0.15, 0.2) is 146 Å². The van der Waals surface area contributed by atoms with Gasteiger partial charge in [0, 0.05) is 22.1 Å². The molecule has 14 rings (SSSR count). The van der Waals surface area contributed by atoms with Gasteiger partial charge in [0.25, 0.3) is 0 Å². The normalized spacial score (nSPS) is 19.9. The fourth-order valence-corrected chi connectivity index (χ4v) is 16.6. The predicted octanol–water partition coefficient (Wildman–Crippen LogP) is 10.1. The third kappa shape index (κ3) is 3.22. The zero-order valence-corrected chi connectivity index (χ0v) is 30.9. The summed E-state index contributed by atoms with van der Waals surface area (Å²) in [5.41, 5.74) is 5.07. The number of ether oxygens (including phenoxy) is 4. The molecule has 0 bridgehead atoms. The molecule has 6 aliphatic heterocycles. The van der Waals surface area contributed by atoms with E-state index in [0.29, 0.717) is 88.6 Å². The van der Waals surface area contributed by atoms with Crippen LogP contribution < -0.4 is 60.6 Å². The summed E-state index contributed by atoms with van der Waals surface area (Å²) >= 11 is 0. The SMILES string of the molecule is O=P12c3c4cccc3N(c3ccccc3)c3cccc(c31)Oc1c2c(cc2c3c5c(cc12)Oc1cccc2c1P5(=O)c1c(cccc1N2c1ccccc1)O3)O4. The first-order chi connectivity index (χ1) is 27.5. The fraction of sp³-hybridized carbons (Fsp3) is 0. The van der Waals surface area contributed by atoms with Crippen molar-refractivity contribution in [1.29, 1.82) is 0 Å². The molecule has 8 aromatic rings. The zero-order valence-electron chi connectivity index (χ0n) is 29.1. The lowest BCUT2D eigenvalue weighted by Crippen LogP contribution is -2.43. The first-order valence-electron chi connectivity index (χ1n) is 18.4. The highest BCUT2D eigenvalue weighted by Crippen LogP contribution is 2.69. The highest BCUT2D eigenvalue weighted by Gasteiger charge is 2.56. The van der Waals surface area contributed by atoms with E-state index in [1.807, 2.05) is 146 Å². The molecule has 10 heteroatoms. The summed E-state index contributed by atoms with van der Waals surface area (Å²) in [7, 11) is -7.17.